The van der Waals surface area contributed by atoms with Crippen LogP contribution in [0.15, 0.2) is 35.3 Å². The number of benzene rings is 1. The monoisotopic (exact) mass is 506 g/mol. The van der Waals surface area contributed by atoms with Gasteiger partial charge in [-0.15, -0.1) is 16.4 Å². The third-order valence-corrected chi connectivity index (χ3v) is 5.74. The van der Waals surface area contributed by atoms with E-state index in [1.165, 1.54) is 30.6 Å². The molecule has 1 aromatic carbocycles. The predicted octanol–water partition coefficient (Wildman–Crippen LogP) is 1.02. The molecule has 1 fully saturated rings. The number of hydrogen-bond donors (Lipinski definition) is 1. The first-order valence-corrected chi connectivity index (χ1v) is 11.4. The number of carbonyl (C=O) groups is 3. The number of hydrogen-bond acceptors (Lipinski definition) is 9. The molecule has 0 unspecified atom stereocenters. The second-order valence-electron chi connectivity index (χ2n) is 7.46. The van der Waals surface area contributed by atoms with Crippen molar-refractivity contribution in [3.8, 4) is 5.69 Å². The maximum atomic E-state index is 14.1. The molecule has 1 aliphatic rings. The summed E-state index contributed by atoms with van der Waals surface area (Å²) in [6.45, 7) is 1.77. The van der Waals surface area contributed by atoms with E-state index >= 15 is 0 Å². The van der Waals surface area contributed by atoms with E-state index in [1.807, 2.05) is 0 Å². The van der Waals surface area contributed by atoms with E-state index < -0.39 is 53.4 Å². The maximum Gasteiger partial charge on any atom is 0.338 e. The van der Waals surface area contributed by atoms with Gasteiger partial charge in [0.25, 0.3) is 11.8 Å². The highest BCUT2D eigenvalue weighted by atomic mass is 32.1. The number of para-hydroxylation sites is 1. The molecule has 2 amide bonds. The highest BCUT2D eigenvalue weighted by Gasteiger charge is 2.52. The zero-order chi connectivity index (χ0) is 25.1. The first-order chi connectivity index (χ1) is 16.8. The lowest BCUT2D eigenvalue weighted by molar-refractivity contribution is -0.144. The summed E-state index contributed by atoms with van der Waals surface area (Å²) in [5, 5.41) is 11.8. The van der Waals surface area contributed by atoms with Crippen LogP contribution in [0.2, 0.25) is 0 Å². The zero-order valence-corrected chi connectivity index (χ0v) is 19.4. The van der Waals surface area contributed by atoms with Crippen molar-refractivity contribution < 1.29 is 32.6 Å². The largest absolute Gasteiger partial charge is 0.464 e. The molecule has 2 aromatic heterocycles. The van der Waals surface area contributed by atoms with Crippen LogP contribution in [-0.2, 0) is 30.3 Å². The number of amides is 2. The summed E-state index contributed by atoms with van der Waals surface area (Å²) in [6, 6.07) is 2.25. The summed E-state index contributed by atoms with van der Waals surface area (Å²) in [7, 11) is 1.38. The van der Waals surface area contributed by atoms with Gasteiger partial charge in [-0.3, -0.25) is 14.5 Å². The van der Waals surface area contributed by atoms with E-state index in [2.05, 4.69) is 20.6 Å². The van der Waals surface area contributed by atoms with Gasteiger partial charge >= 0.3 is 5.97 Å². The lowest BCUT2D eigenvalue weighted by Crippen LogP contribution is -2.50. The highest BCUT2D eigenvalue weighted by Crippen LogP contribution is 2.24. The molecule has 11 nitrogen and oxygen atoms in total. The number of esters is 1. The van der Waals surface area contributed by atoms with E-state index in [4.69, 9.17) is 9.47 Å². The second kappa shape index (κ2) is 10.2. The lowest BCUT2D eigenvalue weighted by atomic mass is 10.1. The van der Waals surface area contributed by atoms with Gasteiger partial charge in [0.2, 0.25) is 0 Å². The first kappa shape index (κ1) is 24.3. The Balaban J connectivity index is 1.51. The van der Waals surface area contributed by atoms with Gasteiger partial charge in [0.15, 0.2) is 29.7 Å². The van der Waals surface area contributed by atoms with E-state index in [1.54, 1.807) is 17.8 Å². The topological polar surface area (TPSA) is 132 Å². The number of epoxide rings is 1. The minimum Gasteiger partial charge on any atom is -0.464 e. The van der Waals surface area contributed by atoms with Crippen LogP contribution >= 0.6 is 11.3 Å². The molecule has 1 N–H and O–H groups in total. The van der Waals surface area contributed by atoms with Gasteiger partial charge < -0.3 is 14.8 Å². The molecular formula is C21H20F2N6O5S. The number of carbonyl (C=O) groups excluding carboxylic acids is 3. The molecule has 0 aliphatic carbocycles. The van der Waals surface area contributed by atoms with Crippen LogP contribution in [0, 0.1) is 11.6 Å². The molecule has 3 aromatic rings. The number of ether oxygens (including phenoxy) is 2. The van der Waals surface area contributed by atoms with Crippen molar-refractivity contribution in [3.63, 3.8) is 0 Å². The van der Waals surface area contributed by atoms with E-state index in [-0.39, 0.29) is 18.8 Å². The fraction of sp³-hybridized carbons (Fsp3) is 0.333. The average Bonchev–Trinajstić information content (AvgIpc) is 3.21. The smallest absolute Gasteiger partial charge is 0.338 e. The van der Waals surface area contributed by atoms with Gasteiger partial charge in [0.05, 0.1) is 24.0 Å². The Labute approximate surface area is 201 Å². The zero-order valence-electron chi connectivity index (χ0n) is 18.6. The maximum absolute atomic E-state index is 14.1. The van der Waals surface area contributed by atoms with Gasteiger partial charge in [-0.2, -0.15) is 0 Å². The van der Waals surface area contributed by atoms with Crippen molar-refractivity contribution in [3.05, 3.63) is 52.6 Å². The summed E-state index contributed by atoms with van der Waals surface area (Å²) in [5.74, 6) is -3.65. The number of halogens is 2. The van der Waals surface area contributed by atoms with Crippen LogP contribution in [0.5, 0.6) is 0 Å². The Morgan fingerprint density at radius 1 is 1.29 bits per heavy atom. The Hall–Kier alpha value is -3.78. The Bertz CT molecular complexity index is 1220. The summed E-state index contributed by atoms with van der Waals surface area (Å²) in [4.78, 5) is 42.9. The molecule has 0 saturated carbocycles. The van der Waals surface area contributed by atoms with Gasteiger partial charge in [-0.05, 0) is 19.1 Å². The molecule has 0 bridgehead atoms. The molecule has 4 rings (SSSR count). The summed E-state index contributed by atoms with van der Waals surface area (Å²) in [6.07, 6.45) is -0.874. The number of anilines is 1. The fourth-order valence-electron chi connectivity index (χ4n) is 3.29. The molecule has 1 saturated heterocycles. The molecule has 0 radical (unpaired) electrons. The van der Waals surface area contributed by atoms with Gasteiger partial charge in [0, 0.05) is 18.8 Å². The van der Waals surface area contributed by atoms with Crippen LogP contribution in [0.4, 0.5) is 14.6 Å². The van der Waals surface area contributed by atoms with Gasteiger partial charge in [-0.1, -0.05) is 11.3 Å². The predicted molar refractivity (Wildman–Crippen MR) is 118 cm³/mol. The van der Waals surface area contributed by atoms with Crippen molar-refractivity contribution in [2.45, 2.75) is 31.6 Å². The van der Waals surface area contributed by atoms with Crippen molar-refractivity contribution in [2.24, 2.45) is 0 Å². The van der Waals surface area contributed by atoms with Crippen LogP contribution in [0.1, 0.15) is 12.6 Å². The molecular weight excluding hydrogens is 486 g/mol. The summed E-state index contributed by atoms with van der Waals surface area (Å²) < 4.78 is 39.0. The van der Waals surface area contributed by atoms with Crippen molar-refractivity contribution >= 4 is 34.9 Å². The van der Waals surface area contributed by atoms with Crippen LogP contribution in [0.3, 0.4) is 0 Å². The Morgan fingerprint density at radius 3 is 2.69 bits per heavy atom. The molecule has 0 spiro atoms. The molecule has 3 heterocycles. The molecule has 35 heavy (non-hydrogen) atoms. The van der Waals surface area contributed by atoms with Crippen LogP contribution in [0.25, 0.3) is 5.69 Å². The molecule has 184 valence electrons. The number of thiazole rings is 1. The average molecular weight is 506 g/mol. The van der Waals surface area contributed by atoms with Crippen LogP contribution in [-0.4, -0.2) is 69.7 Å². The normalized spacial score (nSPS) is 17.5. The first-order valence-electron chi connectivity index (χ1n) is 10.4. The second-order valence-corrected chi connectivity index (χ2v) is 8.18. The fourth-order valence-corrected chi connectivity index (χ4v) is 3.86. The molecule has 14 heteroatoms. The highest BCUT2D eigenvalue weighted by molar-refractivity contribution is 7.07. The molecule has 1 aliphatic heterocycles. The van der Waals surface area contributed by atoms with Crippen molar-refractivity contribution in [2.75, 3.05) is 18.6 Å². The minimum absolute atomic E-state index is 0.0118. The number of aromatic nitrogens is 4. The standard InChI is InChI=1S/C21H20F2N6O5S/c1-3-33-21(32)18-17(34-18)19(30)25-14(7-11-9-35-10-24-11)20(31)28(2)15-8-29(27-26-15)16-12(22)5-4-6-13(16)23/h4-6,8-10,14,17-18H,3,7H2,1-2H3,(H,25,30)/t14-,17-,18-/m0/s1. The summed E-state index contributed by atoms with van der Waals surface area (Å²) >= 11 is 1.32. The summed E-state index contributed by atoms with van der Waals surface area (Å²) in [5.41, 5.74) is 1.69. The lowest BCUT2D eigenvalue weighted by Gasteiger charge is -2.22. The van der Waals surface area contributed by atoms with Crippen molar-refractivity contribution in [1.82, 2.24) is 25.3 Å². The Kier molecular flexibility index (Phi) is 7.12. The third-order valence-electron chi connectivity index (χ3n) is 5.10. The third kappa shape index (κ3) is 5.33. The number of nitrogens with one attached hydrogen (secondary N) is 1. The quantitative estimate of drug-likeness (QED) is 0.336. The SMILES string of the molecule is CCOC(=O)[C@H]1O[C@@H]1C(=O)N[C@@H](Cc1cscn1)C(=O)N(C)c1cn(-c2c(F)cccc2F)nn1. The molecule has 3 atom stereocenters. The van der Waals surface area contributed by atoms with E-state index in [0.29, 0.717) is 5.69 Å². The Morgan fingerprint density at radius 2 is 2.03 bits per heavy atom. The van der Waals surface area contributed by atoms with Crippen LogP contribution < -0.4 is 10.2 Å². The van der Waals surface area contributed by atoms with E-state index in [0.717, 1.165) is 21.7 Å². The van der Waals surface area contributed by atoms with E-state index in [9.17, 15) is 23.2 Å². The number of nitrogens with zero attached hydrogens (tertiary/aromatic N) is 5. The number of likely N-dealkylation sites (N-methyl/N-ethyl adjacent to an activating group) is 1. The minimum atomic E-state index is -1.10. The van der Waals surface area contributed by atoms with Crippen molar-refractivity contribution in [1.29, 1.82) is 0 Å². The van der Waals surface area contributed by atoms with Gasteiger partial charge in [-0.25, -0.2) is 23.2 Å². The number of rotatable bonds is 9. The van der Waals surface area contributed by atoms with Gasteiger partial charge in [0.1, 0.15) is 11.7 Å².